The van der Waals surface area contributed by atoms with Gasteiger partial charge in [0.15, 0.2) is 16.6 Å². The molecule has 2 aromatic rings. The van der Waals surface area contributed by atoms with Gasteiger partial charge in [-0.05, 0) is 29.9 Å². The Kier molecular flexibility index (Phi) is 7.58. The van der Waals surface area contributed by atoms with E-state index in [1.807, 2.05) is 30.3 Å². The second-order valence-corrected chi connectivity index (χ2v) is 5.94. The molecule has 148 valence electrons. The number of thiocarbonyl (C=S) groups is 1. The second kappa shape index (κ2) is 10.1. The molecule has 28 heavy (non-hydrogen) atoms. The molecule has 0 saturated carbocycles. The van der Waals surface area contributed by atoms with Crippen molar-refractivity contribution in [2.75, 3.05) is 21.3 Å². The summed E-state index contributed by atoms with van der Waals surface area (Å²) in [6.07, 6.45) is 0.170. The summed E-state index contributed by atoms with van der Waals surface area (Å²) in [7, 11) is 4.38. The molecule has 0 heterocycles. The van der Waals surface area contributed by atoms with Crippen molar-refractivity contribution in [3.8, 4) is 17.2 Å². The van der Waals surface area contributed by atoms with Crippen molar-refractivity contribution in [2.24, 2.45) is 0 Å². The monoisotopic (exact) mass is 403 g/mol. The third-order valence-corrected chi connectivity index (χ3v) is 3.88. The van der Waals surface area contributed by atoms with Crippen LogP contribution >= 0.6 is 12.2 Å². The van der Waals surface area contributed by atoms with Crippen LogP contribution < -0.4 is 30.4 Å². The minimum Gasteiger partial charge on any atom is -0.493 e. The van der Waals surface area contributed by atoms with Gasteiger partial charge in [-0.1, -0.05) is 30.3 Å². The van der Waals surface area contributed by atoms with E-state index in [-0.39, 0.29) is 23.0 Å². The SMILES string of the molecule is COc1cc(C(=O)NNC(=S)NC(=O)Cc2ccccc2)cc(OC)c1OC. The molecule has 3 N–H and O–H groups in total. The number of hydrogen-bond donors (Lipinski definition) is 3. The lowest BCUT2D eigenvalue weighted by Crippen LogP contribution is -2.48. The van der Waals surface area contributed by atoms with Gasteiger partial charge in [0.2, 0.25) is 11.7 Å². The van der Waals surface area contributed by atoms with Crippen LogP contribution in [0.5, 0.6) is 17.2 Å². The van der Waals surface area contributed by atoms with Crippen LogP contribution in [0.4, 0.5) is 0 Å². The van der Waals surface area contributed by atoms with Gasteiger partial charge in [0, 0.05) is 5.56 Å². The number of hydrazine groups is 1. The second-order valence-electron chi connectivity index (χ2n) is 5.53. The number of rotatable bonds is 6. The summed E-state index contributed by atoms with van der Waals surface area (Å²) in [5, 5.41) is 2.47. The fourth-order valence-electron chi connectivity index (χ4n) is 2.38. The zero-order valence-electron chi connectivity index (χ0n) is 15.7. The highest BCUT2D eigenvalue weighted by Gasteiger charge is 2.17. The molecule has 0 spiro atoms. The van der Waals surface area contributed by atoms with Gasteiger partial charge < -0.3 is 19.5 Å². The van der Waals surface area contributed by atoms with E-state index in [1.165, 1.54) is 33.5 Å². The standard InChI is InChI=1S/C19H21N3O5S/c1-25-14-10-13(11-15(26-2)17(14)27-3)18(24)21-22-19(28)20-16(23)9-12-7-5-4-6-8-12/h4-8,10-11H,9H2,1-3H3,(H,21,24)(H2,20,22,23,28). The lowest BCUT2D eigenvalue weighted by atomic mass is 10.1. The molecule has 0 fully saturated rings. The maximum absolute atomic E-state index is 12.4. The normalized spacial score (nSPS) is 9.82. The first kappa shape index (κ1) is 21.0. The van der Waals surface area contributed by atoms with E-state index in [0.717, 1.165) is 5.56 Å². The molecule has 0 saturated heterocycles. The van der Waals surface area contributed by atoms with Crippen molar-refractivity contribution in [3.05, 3.63) is 53.6 Å². The first-order chi connectivity index (χ1) is 13.5. The molecule has 8 nitrogen and oxygen atoms in total. The number of ether oxygens (including phenoxy) is 3. The predicted octanol–water partition coefficient (Wildman–Crippen LogP) is 1.59. The van der Waals surface area contributed by atoms with E-state index >= 15 is 0 Å². The molecule has 9 heteroatoms. The Morgan fingerprint density at radius 3 is 2.07 bits per heavy atom. The van der Waals surface area contributed by atoms with E-state index < -0.39 is 5.91 Å². The van der Waals surface area contributed by atoms with Crippen molar-refractivity contribution in [1.82, 2.24) is 16.2 Å². The van der Waals surface area contributed by atoms with Gasteiger partial charge in [0.1, 0.15) is 0 Å². The highest BCUT2D eigenvalue weighted by atomic mass is 32.1. The summed E-state index contributed by atoms with van der Waals surface area (Å²) in [4.78, 5) is 24.3. The number of amides is 2. The van der Waals surface area contributed by atoms with Crippen molar-refractivity contribution in [3.63, 3.8) is 0 Å². The molecule has 0 aliphatic carbocycles. The molecule has 2 aromatic carbocycles. The van der Waals surface area contributed by atoms with Crippen molar-refractivity contribution < 1.29 is 23.8 Å². The van der Waals surface area contributed by atoms with Crippen LogP contribution in [0.3, 0.4) is 0 Å². The maximum atomic E-state index is 12.4. The Labute approximate surface area is 168 Å². The van der Waals surface area contributed by atoms with Crippen molar-refractivity contribution >= 4 is 29.1 Å². The highest BCUT2D eigenvalue weighted by molar-refractivity contribution is 7.80. The summed E-state index contributed by atoms with van der Waals surface area (Å²) in [5.41, 5.74) is 6.00. The molecule has 2 rings (SSSR count). The Bertz CT molecular complexity index is 833. The zero-order chi connectivity index (χ0) is 20.5. The minimum atomic E-state index is -0.501. The van der Waals surface area contributed by atoms with Gasteiger partial charge in [-0.25, -0.2) is 0 Å². The largest absolute Gasteiger partial charge is 0.493 e. The van der Waals surface area contributed by atoms with Crippen molar-refractivity contribution in [2.45, 2.75) is 6.42 Å². The Hall–Kier alpha value is -3.33. The molecule has 0 aliphatic heterocycles. The molecule has 2 amide bonds. The van der Waals surface area contributed by atoms with Crippen LogP contribution in [0.25, 0.3) is 0 Å². The van der Waals surface area contributed by atoms with Crippen molar-refractivity contribution in [1.29, 1.82) is 0 Å². The molecule has 0 radical (unpaired) electrons. The Morgan fingerprint density at radius 1 is 0.929 bits per heavy atom. The molecular formula is C19H21N3O5S. The summed E-state index contributed by atoms with van der Waals surface area (Å²) in [6, 6.07) is 12.2. The summed E-state index contributed by atoms with van der Waals surface area (Å²) in [6.45, 7) is 0. The molecule has 0 atom stereocenters. The predicted molar refractivity (Wildman–Crippen MR) is 108 cm³/mol. The Balaban J connectivity index is 1.94. The highest BCUT2D eigenvalue weighted by Crippen LogP contribution is 2.38. The first-order valence-electron chi connectivity index (χ1n) is 8.22. The number of carbonyl (C=O) groups excluding carboxylic acids is 2. The summed E-state index contributed by atoms with van der Waals surface area (Å²) in [5.74, 6) is 0.249. The molecule has 0 aromatic heterocycles. The number of carbonyl (C=O) groups is 2. The van der Waals surface area contributed by atoms with E-state index in [9.17, 15) is 9.59 Å². The van der Waals surface area contributed by atoms with Crippen LogP contribution in [0, 0.1) is 0 Å². The molecule has 0 bridgehead atoms. The third kappa shape index (κ3) is 5.58. The van der Waals surface area contributed by atoms with E-state index in [2.05, 4.69) is 16.2 Å². The first-order valence-corrected chi connectivity index (χ1v) is 8.63. The van der Waals surface area contributed by atoms with E-state index in [1.54, 1.807) is 0 Å². The van der Waals surface area contributed by atoms with Gasteiger partial charge >= 0.3 is 0 Å². The minimum absolute atomic E-state index is 0.0262. The third-order valence-electron chi connectivity index (χ3n) is 3.68. The van der Waals surface area contributed by atoms with Crippen LogP contribution in [0.1, 0.15) is 15.9 Å². The average Bonchev–Trinajstić information content (AvgIpc) is 2.71. The van der Waals surface area contributed by atoms with Gasteiger partial charge in [0.05, 0.1) is 27.8 Å². The fourth-order valence-corrected chi connectivity index (χ4v) is 2.55. The van der Waals surface area contributed by atoms with Gasteiger partial charge in [-0.15, -0.1) is 0 Å². The van der Waals surface area contributed by atoms with E-state index in [0.29, 0.717) is 17.2 Å². The lowest BCUT2D eigenvalue weighted by Gasteiger charge is -2.15. The van der Waals surface area contributed by atoms with Crippen LogP contribution in [0.2, 0.25) is 0 Å². The van der Waals surface area contributed by atoms with Gasteiger partial charge in [0.25, 0.3) is 5.91 Å². The molecule has 0 unspecified atom stereocenters. The van der Waals surface area contributed by atoms with Crippen LogP contribution in [-0.2, 0) is 11.2 Å². The number of methoxy groups -OCH3 is 3. The zero-order valence-corrected chi connectivity index (χ0v) is 16.5. The fraction of sp³-hybridized carbons (Fsp3) is 0.211. The smallest absolute Gasteiger partial charge is 0.269 e. The Morgan fingerprint density at radius 2 is 1.54 bits per heavy atom. The van der Waals surface area contributed by atoms with Crippen LogP contribution in [-0.4, -0.2) is 38.3 Å². The summed E-state index contributed by atoms with van der Waals surface area (Å²) < 4.78 is 15.7. The number of nitrogens with one attached hydrogen (secondary N) is 3. The van der Waals surface area contributed by atoms with Gasteiger partial charge in [-0.2, -0.15) is 0 Å². The van der Waals surface area contributed by atoms with E-state index in [4.69, 9.17) is 26.4 Å². The number of benzene rings is 2. The maximum Gasteiger partial charge on any atom is 0.269 e. The quantitative estimate of drug-likeness (QED) is 0.498. The molecule has 0 aliphatic rings. The summed E-state index contributed by atoms with van der Waals surface area (Å²) >= 11 is 5.02. The lowest BCUT2D eigenvalue weighted by molar-refractivity contribution is -0.119. The molecular weight excluding hydrogens is 382 g/mol. The van der Waals surface area contributed by atoms with Crippen LogP contribution in [0.15, 0.2) is 42.5 Å². The topological polar surface area (TPSA) is 97.9 Å². The van der Waals surface area contributed by atoms with Gasteiger partial charge in [-0.3, -0.25) is 20.4 Å². The number of hydrogen-bond acceptors (Lipinski definition) is 6. The average molecular weight is 403 g/mol.